The lowest BCUT2D eigenvalue weighted by atomic mass is 9.80. The van der Waals surface area contributed by atoms with Gasteiger partial charge in [-0.05, 0) is 51.2 Å². The normalized spacial score (nSPS) is 18.7. The minimum absolute atomic E-state index is 0.00537. The Hall–Kier alpha value is -1.30. The first-order valence-corrected chi connectivity index (χ1v) is 8.02. The second-order valence-electron chi connectivity index (χ2n) is 5.86. The van der Waals surface area contributed by atoms with Crippen LogP contribution in [0.5, 0.6) is 0 Å². The van der Waals surface area contributed by atoms with Crippen LogP contribution in [0.25, 0.3) is 0 Å². The molecule has 1 saturated heterocycles. The molecule has 1 amide bonds. The largest absolute Gasteiger partial charge is 0.409 e. The van der Waals surface area contributed by atoms with Crippen molar-refractivity contribution in [3.63, 3.8) is 0 Å². The SMILES string of the molecule is CCN1CCC(CNC(=O)C(CC)(CC)C(N)=NO)CC1. The summed E-state index contributed by atoms with van der Waals surface area (Å²) in [5.41, 5.74) is 4.86. The fourth-order valence-electron chi connectivity index (χ4n) is 3.06. The number of rotatable bonds is 7. The van der Waals surface area contributed by atoms with Gasteiger partial charge in [-0.3, -0.25) is 4.79 Å². The lowest BCUT2D eigenvalue weighted by Crippen LogP contribution is -2.50. The third kappa shape index (κ3) is 4.09. The zero-order valence-corrected chi connectivity index (χ0v) is 13.6. The molecule has 1 rings (SSSR count). The van der Waals surface area contributed by atoms with Gasteiger partial charge in [-0.1, -0.05) is 25.9 Å². The first-order valence-electron chi connectivity index (χ1n) is 8.02. The molecular formula is C15H30N4O2. The van der Waals surface area contributed by atoms with Gasteiger partial charge in [0.2, 0.25) is 5.91 Å². The van der Waals surface area contributed by atoms with E-state index in [1.54, 1.807) is 0 Å². The van der Waals surface area contributed by atoms with Gasteiger partial charge in [-0.25, -0.2) is 0 Å². The van der Waals surface area contributed by atoms with Crippen molar-refractivity contribution in [1.29, 1.82) is 0 Å². The summed E-state index contributed by atoms with van der Waals surface area (Å²) in [7, 11) is 0. The lowest BCUT2D eigenvalue weighted by molar-refractivity contribution is -0.128. The molecule has 0 aromatic rings. The maximum atomic E-state index is 12.5. The van der Waals surface area contributed by atoms with Crippen molar-refractivity contribution in [2.75, 3.05) is 26.2 Å². The van der Waals surface area contributed by atoms with Crippen LogP contribution in [-0.2, 0) is 4.79 Å². The van der Waals surface area contributed by atoms with E-state index in [-0.39, 0.29) is 11.7 Å². The van der Waals surface area contributed by atoms with Crippen molar-refractivity contribution in [2.24, 2.45) is 22.2 Å². The number of likely N-dealkylation sites (tertiary alicyclic amines) is 1. The van der Waals surface area contributed by atoms with Gasteiger partial charge in [0.25, 0.3) is 0 Å². The molecule has 6 heteroatoms. The average molecular weight is 298 g/mol. The number of hydrogen-bond donors (Lipinski definition) is 3. The Morgan fingerprint density at radius 2 is 1.90 bits per heavy atom. The van der Waals surface area contributed by atoms with Crippen molar-refractivity contribution >= 4 is 11.7 Å². The van der Waals surface area contributed by atoms with Crippen LogP contribution in [-0.4, -0.2) is 48.0 Å². The van der Waals surface area contributed by atoms with E-state index in [0.29, 0.717) is 25.3 Å². The molecule has 0 saturated carbocycles. The standard InChI is InChI=1S/C15H30N4O2/c1-4-15(5-2,13(16)18-21)14(20)17-11-12-7-9-19(6-3)10-8-12/h12,21H,4-11H2,1-3H3,(H2,16,18)(H,17,20). The van der Waals surface area contributed by atoms with Crippen molar-refractivity contribution < 1.29 is 10.0 Å². The van der Waals surface area contributed by atoms with E-state index >= 15 is 0 Å². The first-order chi connectivity index (χ1) is 10.0. The number of carbonyl (C=O) groups is 1. The number of nitrogens with zero attached hydrogens (tertiary/aromatic N) is 2. The highest BCUT2D eigenvalue weighted by atomic mass is 16.4. The van der Waals surface area contributed by atoms with Gasteiger partial charge in [-0.2, -0.15) is 0 Å². The molecule has 0 aliphatic carbocycles. The maximum absolute atomic E-state index is 12.5. The summed E-state index contributed by atoms with van der Waals surface area (Å²) in [4.78, 5) is 14.9. The predicted molar refractivity (Wildman–Crippen MR) is 84.3 cm³/mol. The van der Waals surface area contributed by atoms with Crippen LogP contribution in [0, 0.1) is 11.3 Å². The van der Waals surface area contributed by atoms with Crippen molar-refractivity contribution in [2.45, 2.75) is 46.5 Å². The number of amidine groups is 1. The minimum Gasteiger partial charge on any atom is -0.409 e. The Morgan fingerprint density at radius 3 is 2.33 bits per heavy atom. The molecule has 0 bridgehead atoms. The number of nitrogens with two attached hydrogens (primary N) is 1. The molecule has 0 unspecified atom stereocenters. The second kappa shape index (κ2) is 8.22. The fraction of sp³-hybridized carbons (Fsp3) is 0.867. The zero-order chi connectivity index (χ0) is 15.9. The van der Waals surface area contributed by atoms with E-state index in [0.717, 1.165) is 32.5 Å². The number of nitrogens with one attached hydrogen (secondary N) is 1. The molecule has 1 aliphatic rings. The van der Waals surface area contributed by atoms with Crippen LogP contribution in [0.2, 0.25) is 0 Å². The molecule has 0 aromatic carbocycles. The highest BCUT2D eigenvalue weighted by Crippen LogP contribution is 2.27. The summed E-state index contributed by atoms with van der Waals surface area (Å²) >= 11 is 0. The van der Waals surface area contributed by atoms with Crippen LogP contribution in [0.3, 0.4) is 0 Å². The lowest BCUT2D eigenvalue weighted by Gasteiger charge is -2.33. The Morgan fingerprint density at radius 1 is 1.33 bits per heavy atom. The molecule has 1 heterocycles. The summed E-state index contributed by atoms with van der Waals surface area (Å²) in [5, 5.41) is 15.0. The Bertz CT molecular complexity index is 359. The number of oxime groups is 1. The number of hydrogen-bond acceptors (Lipinski definition) is 4. The molecule has 0 aromatic heterocycles. The molecule has 1 fully saturated rings. The summed E-state index contributed by atoms with van der Waals surface area (Å²) in [6.45, 7) is 9.93. The van der Waals surface area contributed by atoms with Gasteiger partial charge in [0, 0.05) is 6.54 Å². The van der Waals surface area contributed by atoms with Gasteiger partial charge in [0.05, 0.1) is 0 Å². The van der Waals surface area contributed by atoms with E-state index in [1.807, 2.05) is 13.8 Å². The van der Waals surface area contributed by atoms with Crippen molar-refractivity contribution in [1.82, 2.24) is 10.2 Å². The van der Waals surface area contributed by atoms with Crippen LogP contribution < -0.4 is 11.1 Å². The number of amides is 1. The van der Waals surface area contributed by atoms with Crippen LogP contribution in [0.15, 0.2) is 5.16 Å². The maximum Gasteiger partial charge on any atom is 0.233 e. The molecule has 1 aliphatic heterocycles. The molecular weight excluding hydrogens is 268 g/mol. The number of piperidine rings is 1. The zero-order valence-electron chi connectivity index (χ0n) is 13.6. The fourth-order valence-corrected chi connectivity index (χ4v) is 3.06. The summed E-state index contributed by atoms with van der Waals surface area (Å²) in [6.07, 6.45) is 3.28. The molecule has 122 valence electrons. The van der Waals surface area contributed by atoms with Crippen LogP contribution in [0.4, 0.5) is 0 Å². The predicted octanol–water partition coefficient (Wildman–Crippen LogP) is 1.39. The van der Waals surface area contributed by atoms with Crippen LogP contribution >= 0.6 is 0 Å². The van der Waals surface area contributed by atoms with E-state index in [1.165, 1.54) is 0 Å². The summed E-state index contributed by atoms with van der Waals surface area (Å²) in [5.74, 6) is 0.405. The molecule has 4 N–H and O–H groups in total. The minimum atomic E-state index is -0.890. The monoisotopic (exact) mass is 298 g/mol. The van der Waals surface area contributed by atoms with E-state index < -0.39 is 5.41 Å². The van der Waals surface area contributed by atoms with Gasteiger partial charge >= 0.3 is 0 Å². The molecule has 0 spiro atoms. The highest BCUT2D eigenvalue weighted by molar-refractivity contribution is 6.06. The molecule has 6 nitrogen and oxygen atoms in total. The smallest absolute Gasteiger partial charge is 0.233 e. The molecule has 0 atom stereocenters. The highest BCUT2D eigenvalue weighted by Gasteiger charge is 2.39. The third-order valence-electron chi connectivity index (χ3n) is 4.95. The molecule has 21 heavy (non-hydrogen) atoms. The third-order valence-corrected chi connectivity index (χ3v) is 4.95. The van der Waals surface area contributed by atoms with Gasteiger partial charge in [0.15, 0.2) is 5.84 Å². The quantitative estimate of drug-likeness (QED) is 0.287. The Labute approximate surface area is 127 Å². The summed E-state index contributed by atoms with van der Waals surface area (Å²) < 4.78 is 0. The van der Waals surface area contributed by atoms with E-state index in [4.69, 9.17) is 10.9 Å². The summed E-state index contributed by atoms with van der Waals surface area (Å²) in [6, 6.07) is 0. The van der Waals surface area contributed by atoms with E-state index in [9.17, 15) is 4.79 Å². The topological polar surface area (TPSA) is 91.0 Å². The van der Waals surface area contributed by atoms with Crippen molar-refractivity contribution in [3.8, 4) is 0 Å². The van der Waals surface area contributed by atoms with Gasteiger partial charge in [-0.15, -0.1) is 0 Å². The Kier molecular flexibility index (Phi) is 6.95. The van der Waals surface area contributed by atoms with E-state index in [2.05, 4.69) is 22.3 Å². The first kappa shape index (κ1) is 17.8. The van der Waals surface area contributed by atoms with Gasteiger partial charge in [0.1, 0.15) is 5.41 Å². The average Bonchev–Trinajstić information content (AvgIpc) is 2.54. The Balaban J connectivity index is 2.55. The molecule has 0 radical (unpaired) electrons. The second-order valence-corrected chi connectivity index (χ2v) is 5.86. The van der Waals surface area contributed by atoms with Gasteiger partial charge < -0.3 is 21.2 Å². The van der Waals surface area contributed by atoms with Crippen molar-refractivity contribution in [3.05, 3.63) is 0 Å². The number of carbonyl (C=O) groups excluding carboxylic acids is 1. The van der Waals surface area contributed by atoms with Crippen LogP contribution in [0.1, 0.15) is 46.5 Å².